The molecule has 3 aromatic heterocycles. The zero-order valence-electron chi connectivity index (χ0n) is 16.9. The molecule has 0 unspecified atom stereocenters. The molecule has 3 heterocycles. The third-order valence-electron chi connectivity index (χ3n) is 5.16. The number of hydrogen-bond donors (Lipinski definition) is 0. The molecule has 146 valence electrons. The average molecular weight is 393 g/mol. The smallest absolute Gasteiger partial charge is 0.145 e. The number of ether oxygens (including phenoxy) is 1. The summed E-state index contributed by atoms with van der Waals surface area (Å²) >= 11 is 0. The Balaban J connectivity index is 1.97. The van der Waals surface area contributed by atoms with Crippen LogP contribution in [0.3, 0.4) is 0 Å². The summed E-state index contributed by atoms with van der Waals surface area (Å²) in [6.45, 7) is 3.69. The van der Waals surface area contributed by atoms with Crippen molar-refractivity contribution < 1.29 is 4.74 Å². The molecule has 0 bridgehead atoms. The molecule has 6 nitrogen and oxygen atoms in total. The number of nitriles is 2. The molecule has 0 N–H and O–H groups in total. The Morgan fingerprint density at radius 2 is 1.73 bits per heavy atom. The largest absolute Gasteiger partial charge is 0.494 e. The van der Waals surface area contributed by atoms with E-state index in [2.05, 4.69) is 22.1 Å². The second-order valence-electron chi connectivity index (χ2n) is 7.48. The van der Waals surface area contributed by atoms with Crippen LogP contribution in [0.4, 0.5) is 0 Å². The third-order valence-corrected chi connectivity index (χ3v) is 5.16. The Kier molecular flexibility index (Phi) is 4.69. The van der Waals surface area contributed by atoms with Crippen molar-refractivity contribution in [3.8, 4) is 40.3 Å². The molecule has 0 fully saturated rings. The van der Waals surface area contributed by atoms with E-state index >= 15 is 0 Å². The second kappa shape index (κ2) is 7.35. The molecule has 30 heavy (non-hydrogen) atoms. The van der Waals surface area contributed by atoms with E-state index in [1.54, 1.807) is 38.0 Å². The molecule has 4 aromatic rings. The van der Waals surface area contributed by atoms with Crippen LogP contribution in [0.1, 0.15) is 25.1 Å². The van der Waals surface area contributed by atoms with Crippen molar-refractivity contribution in [3.05, 3.63) is 72.4 Å². The van der Waals surface area contributed by atoms with Gasteiger partial charge in [-0.1, -0.05) is 12.1 Å². The van der Waals surface area contributed by atoms with E-state index in [9.17, 15) is 5.26 Å². The van der Waals surface area contributed by atoms with Crippen molar-refractivity contribution in [2.24, 2.45) is 0 Å². The van der Waals surface area contributed by atoms with Crippen LogP contribution in [0.25, 0.3) is 27.9 Å². The molecule has 0 atom stereocenters. The van der Waals surface area contributed by atoms with E-state index in [1.807, 2.05) is 48.6 Å². The first-order chi connectivity index (χ1) is 14.5. The molecule has 1 aromatic carbocycles. The van der Waals surface area contributed by atoms with Gasteiger partial charge in [0.15, 0.2) is 0 Å². The van der Waals surface area contributed by atoms with Gasteiger partial charge in [-0.2, -0.15) is 10.5 Å². The Labute approximate surface area is 174 Å². The summed E-state index contributed by atoms with van der Waals surface area (Å²) < 4.78 is 7.57. The summed E-state index contributed by atoms with van der Waals surface area (Å²) in [4.78, 5) is 8.87. The number of nitrogens with zero attached hydrogens (tertiary/aromatic N) is 5. The van der Waals surface area contributed by atoms with Crippen LogP contribution >= 0.6 is 0 Å². The molecule has 4 rings (SSSR count). The number of imidazole rings is 1. The summed E-state index contributed by atoms with van der Waals surface area (Å²) in [5, 5.41) is 18.5. The van der Waals surface area contributed by atoms with Gasteiger partial charge in [0, 0.05) is 17.3 Å². The van der Waals surface area contributed by atoms with Gasteiger partial charge < -0.3 is 4.74 Å². The first-order valence-corrected chi connectivity index (χ1v) is 9.40. The maximum absolute atomic E-state index is 9.40. The first-order valence-electron chi connectivity index (χ1n) is 9.40. The molecular formula is C24H19N5O. The molecule has 0 saturated carbocycles. The highest BCUT2D eigenvalue weighted by molar-refractivity contribution is 5.86. The van der Waals surface area contributed by atoms with Gasteiger partial charge in [0.25, 0.3) is 0 Å². The third kappa shape index (κ3) is 3.15. The standard InChI is InChI=1S/C24H19N5O/c1-24(2,14-26)22-9-8-18(12-28-22)23-19(17-6-4-16(11-25)5-7-17)10-21(30-3)20-13-27-15-29(20)23/h4-10,12-13,15H,1-3H3. The maximum Gasteiger partial charge on any atom is 0.145 e. The molecular weight excluding hydrogens is 374 g/mol. The van der Waals surface area contributed by atoms with E-state index in [0.717, 1.165) is 27.9 Å². The lowest BCUT2D eigenvalue weighted by Crippen LogP contribution is -2.15. The van der Waals surface area contributed by atoms with Crippen LogP contribution in [0.2, 0.25) is 0 Å². The number of fused-ring (bicyclic) bond motifs is 1. The van der Waals surface area contributed by atoms with Gasteiger partial charge in [-0.05, 0) is 49.7 Å². The lowest BCUT2D eigenvalue weighted by atomic mass is 9.90. The summed E-state index contributed by atoms with van der Waals surface area (Å²) in [5.41, 5.74) is 5.14. The van der Waals surface area contributed by atoms with E-state index in [1.165, 1.54) is 0 Å². The van der Waals surface area contributed by atoms with E-state index in [4.69, 9.17) is 10.00 Å². The van der Waals surface area contributed by atoms with E-state index in [0.29, 0.717) is 17.0 Å². The highest BCUT2D eigenvalue weighted by Crippen LogP contribution is 2.37. The topological polar surface area (TPSA) is 87.0 Å². The van der Waals surface area contributed by atoms with Gasteiger partial charge in [-0.3, -0.25) is 9.38 Å². The van der Waals surface area contributed by atoms with Gasteiger partial charge in [-0.15, -0.1) is 0 Å². The minimum Gasteiger partial charge on any atom is -0.494 e. The number of methoxy groups -OCH3 is 1. The van der Waals surface area contributed by atoms with Crippen molar-refractivity contribution in [2.75, 3.05) is 7.11 Å². The van der Waals surface area contributed by atoms with Crippen LogP contribution < -0.4 is 4.74 Å². The van der Waals surface area contributed by atoms with Gasteiger partial charge in [0.05, 0.1) is 54.1 Å². The summed E-state index contributed by atoms with van der Waals surface area (Å²) in [6.07, 6.45) is 5.28. The SMILES string of the molecule is COc1cc(-c2ccc(C#N)cc2)c(-c2ccc(C(C)(C)C#N)nc2)n2cncc12. The molecule has 6 heteroatoms. The summed E-state index contributed by atoms with van der Waals surface area (Å²) in [5.74, 6) is 0.700. The molecule has 0 saturated heterocycles. The second-order valence-corrected chi connectivity index (χ2v) is 7.48. The van der Waals surface area contributed by atoms with Crippen LogP contribution in [0, 0.1) is 22.7 Å². The zero-order valence-corrected chi connectivity index (χ0v) is 16.9. The highest BCUT2D eigenvalue weighted by atomic mass is 16.5. The monoisotopic (exact) mass is 393 g/mol. The normalized spacial score (nSPS) is 11.1. The number of hydrogen-bond acceptors (Lipinski definition) is 5. The summed E-state index contributed by atoms with van der Waals surface area (Å²) in [7, 11) is 1.63. The molecule has 0 radical (unpaired) electrons. The van der Waals surface area contributed by atoms with Crippen molar-refractivity contribution in [1.82, 2.24) is 14.4 Å². The Morgan fingerprint density at radius 3 is 2.33 bits per heavy atom. The van der Waals surface area contributed by atoms with Crippen molar-refractivity contribution in [2.45, 2.75) is 19.3 Å². The fourth-order valence-electron chi connectivity index (χ4n) is 3.42. The van der Waals surface area contributed by atoms with E-state index in [-0.39, 0.29) is 0 Å². The van der Waals surface area contributed by atoms with Crippen molar-refractivity contribution in [3.63, 3.8) is 0 Å². The Bertz CT molecular complexity index is 1300. The molecule has 0 spiro atoms. The van der Waals surface area contributed by atoms with Crippen molar-refractivity contribution in [1.29, 1.82) is 10.5 Å². The minimum absolute atomic E-state index is 0.598. The van der Waals surface area contributed by atoms with Crippen LogP contribution in [-0.4, -0.2) is 21.5 Å². The number of pyridine rings is 2. The van der Waals surface area contributed by atoms with Crippen molar-refractivity contribution >= 4 is 5.52 Å². The fourth-order valence-corrected chi connectivity index (χ4v) is 3.42. The minimum atomic E-state index is -0.668. The zero-order chi connectivity index (χ0) is 21.3. The lowest BCUT2D eigenvalue weighted by Gasteiger charge is -2.18. The number of rotatable bonds is 4. The highest BCUT2D eigenvalue weighted by Gasteiger charge is 2.22. The van der Waals surface area contributed by atoms with Crippen LogP contribution in [0.15, 0.2) is 61.2 Å². The van der Waals surface area contributed by atoms with Gasteiger partial charge in [-0.25, -0.2) is 4.98 Å². The van der Waals surface area contributed by atoms with Gasteiger partial charge in [0.2, 0.25) is 0 Å². The lowest BCUT2D eigenvalue weighted by molar-refractivity contribution is 0.418. The predicted octanol–water partition coefficient (Wildman–Crippen LogP) is 4.74. The molecule has 0 amide bonds. The number of aromatic nitrogens is 3. The summed E-state index contributed by atoms with van der Waals surface area (Å²) in [6, 6.07) is 17.7. The van der Waals surface area contributed by atoms with Crippen LogP contribution in [0.5, 0.6) is 5.75 Å². The van der Waals surface area contributed by atoms with Gasteiger partial charge >= 0.3 is 0 Å². The quantitative estimate of drug-likeness (QED) is 0.499. The fraction of sp³-hybridized carbons (Fsp3) is 0.167. The molecule has 0 aliphatic heterocycles. The Morgan fingerprint density at radius 1 is 1.00 bits per heavy atom. The maximum atomic E-state index is 9.40. The van der Waals surface area contributed by atoms with Crippen LogP contribution in [-0.2, 0) is 5.41 Å². The van der Waals surface area contributed by atoms with Gasteiger partial charge in [0.1, 0.15) is 11.3 Å². The predicted molar refractivity (Wildman–Crippen MR) is 114 cm³/mol. The van der Waals surface area contributed by atoms with E-state index < -0.39 is 5.41 Å². The molecule has 0 aliphatic carbocycles. The number of benzene rings is 1. The Hall–Kier alpha value is -4.16. The first kappa shape index (κ1) is 19.2. The average Bonchev–Trinajstić information content (AvgIpc) is 3.28. The molecule has 0 aliphatic rings.